The first-order valence-corrected chi connectivity index (χ1v) is 20.7. The fourth-order valence-corrected chi connectivity index (χ4v) is 5.90. The Kier molecular flexibility index (Phi) is 31.4. The Balaban J connectivity index is 2.39. The molecule has 0 saturated carbocycles. The SMILES string of the molecule is CCC=CCC=CCC=CCCCCCCCC(=O)OCC(COC1OC(CO)C(O)C(O)C1O)OC(=O)CCCCCC=CCCCCCCCC. The molecule has 10 nitrogen and oxygen atoms in total. The number of carbonyl (C=O) groups is 2. The largest absolute Gasteiger partial charge is 0.462 e. The molecule has 1 aliphatic heterocycles. The standard InChI is InChI=1S/C43H74O10/c1-3-5-7-9-11-13-15-17-18-20-21-23-25-27-29-31-38(45)50-34-36(35-51-43-42(49)41(48)40(47)37(33-44)53-43)52-39(46)32-30-28-26-24-22-19-16-14-12-10-8-6-4-2/h5,7,11,13,17-19,22,36-37,40-44,47-49H,3-4,6,8-10,12,14-16,20-21,23-35H2,1-2H3. The van der Waals surface area contributed by atoms with Crippen LogP contribution in [0.1, 0.15) is 155 Å². The Morgan fingerprint density at radius 1 is 0.604 bits per heavy atom. The van der Waals surface area contributed by atoms with Gasteiger partial charge in [-0.25, -0.2) is 0 Å². The number of allylic oxidation sites excluding steroid dienone is 8. The summed E-state index contributed by atoms with van der Waals surface area (Å²) < 4.78 is 22.1. The number of aliphatic hydroxyl groups excluding tert-OH is 4. The summed E-state index contributed by atoms with van der Waals surface area (Å²) >= 11 is 0. The molecule has 0 bridgehead atoms. The molecule has 1 fully saturated rings. The number of hydrogen-bond acceptors (Lipinski definition) is 10. The lowest BCUT2D eigenvalue weighted by atomic mass is 9.99. The summed E-state index contributed by atoms with van der Waals surface area (Å²) in [6.45, 7) is 3.25. The van der Waals surface area contributed by atoms with Gasteiger partial charge in [0.1, 0.15) is 31.0 Å². The number of rotatable bonds is 33. The lowest BCUT2D eigenvalue weighted by Crippen LogP contribution is -2.59. The van der Waals surface area contributed by atoms with E-state index < -0.39 is 55.4 Å². The molecule has 1 rings (SSSR count). The molecule has 6 atom stereocenters. The fourth-order valence-electron chi connectivity index (χ4n) is 5.90. The summed E-state index contributed by atoms with van der Waals surface area (Å²) in [5, 5.41) is 40.0. The van der Waals surface area contributed by atoms with Crippen LogP contribution in [0.5, 0.6) is 0 Å². The van der Waals surface area contributed by atoms with Gasteiger partial charge in [-0.15, -0.1) is 0 Å². The van der Waals surface area contributed by atoms with Crippen molar-refractivity contribution in [2.45, 2.75) is 192 Å². The van der Waals surface area contributed by atoms with Gasteiger partial charge in [-0.05, 0) is 70.6 Å². The van der Waals surface area contributed by atoms with E-state index in [0.717, 1.165) is 77.0 Å². The zero-order valence-electron chi connectivity index (χ0n) is 33.0. The van der Waals surface area contributed by atoms with E-state index in [9.17, 15) is 30.0 Å². The van der Waals surface area contributed by atoms with Crippen LogP contribution < -0.4 is 0 Å². The third-order valence-electron chi connectivity index (χ3n) is 9.20. The van der Waals surface area contributed by atoms with Crippen LogP contribution in [0.3, 0.4) is 0 Å². The van der Waals surface area contributed by atoms with E-state index in [0.29, 0.717) is 12.8 Å². The van der Waals surface area contributed by atoms with Crippen molar-refractivity contribution in [1.82, 2.24) is 0 Å². The predicted octanol–water partition coefficient (Wildman–Crippen LogP) is 8.10. The topological polar surface area (TPSA) is 152 Å². The zero-order chi connectivity index (χ0) is 38.8. The molecular formula is C43H74O10. The highest BCUT2D eigenvalue weighted by atomic mass is 16.7. The zero-order valence-corrected chi connectivity index (χ0v) is 33.0. The second kappa shape index (κ2) is 34.2. The van der Waals surface area contributed by atoms with Gasteiger partial charge in [-0.3, -0.25) is 9.59 Å². The highest BCUT2D eigenvalue weighted by molar-refractivity contribution is 5.70. The van der Waals surface area contributed by atoms with Crippen LogP contribution in [0.25, 0.3) is 0 Å². The van der Waals surface area contributed by atoms with E-state index in [2.05, 4.69) is 62.5 Å². The highest BCUT2D eigenvalue weighted by Gasteiger charge is 2.44. The maximum atomic E-state index is 12.7. The Hall–Kier alpha value is -2.34. The van der Waals surface area contributed by atoms with Crippen molar-refractivity contribution >= 4 is 11.9 Å². The molecule has 0 aromatic rings. The van der Waals surface area contributed by atoms with Gasteiger partial charge in [-0.2, -0.15) is 0 Å². The summed E-state index contributed by atoms with van der Waals surface area (Å²) in [6.07, 6.45) is 31.2. The van der Waals surface area contributed by atoms with E-state index in [1.54, 1.807) is 0 Å². The number of esters is 2. The molecule has 0 aromatic carbocycles. The Morgan fingerprint density at radius 3 is 1.72 bits per heavy atom. The number of aliphatic hydroxyl groups is 4. The van der Waals surface area contributed by atoms with E-state index in [1.807, 2.05) is 0 Å². The molecular weight excluding hydrogens is 676 g/mol. The monoisotopic (exact) mass is 751 g/mol. The third kappa shape index (κ3) is 26.2. The molecule has 0 radical (unpaired) electrons. The fraction of sp³-hybridized carbons (Fsp3) is 0.767. The average molecular weight is 751 g/mol. The van der Waals surface area contributed by atoms with Crippen LogP contribution in [0, 0.1) is 0 Å². The Labute approximate surface area is 320 Å². The predicted molar refractivity (Wildman–Crippen MR) is 210 cm³/mol. The summed E-state index contributed by atoms with van der Waals surface area (Å²) in [7, 11) is 0. The average Bonchev–Trinajstić information content (AvgIpc) is 3.15. The van der Waals surface area contributed by atoms with Gasteiger partial charge >= 0.3 is 11.9 Å². The molecule has 53 heavy (non-hydrogen) atoms. The Bertz CT molecular complexity index is 1010. The van der Waals surface area contributed by atoms with Crippen LogP contribution in [-0.2, 0) is 28.5 Å². The maximum Gasteiger partial charge on any atom is 0.306 e. The summed E-state index contributed by atoms with van der Waals surface area (Å²) in [5.41, 5.74) is 0. The lowest BCUT2D eigenvalue weighted by molar-refractivity contribution is -0.305. The normalized spacial score (nSPS) is 21.4. The smallest absolute Gasteiger partial charge is 0.306 e. The van der Waals surface area contributed by atoms with Gasteiger partial charge in [0, 0.05) is 12.8 Å². The molecule has 10 heteroatoms. The molecule has 6 unspecified atom stereocenters. The van der Waals surface area contributed by atoms with E-state index >= 15 is 0 Å². The van der Waals surface area contributed by atoms with Crippen LogP contribution in [0.4, 0.5) is 0 Å². The second-order valence-electron chi connectivity index (χ2n) is 14.1. The summed E-state index contributed by atoms with van der Waals surface area (Å²) in [6, 6.07) is 0. The number of carbonyl (C=O) groups excluding carboxylic acids is 2. The lowest BCUT2D eigenvalue weighted by Gasteiger charge is -2.39. The number of hydrogen-bond donors (Lipinski definition) is 4. The van der Waals surface area contributed by atoms with E-state index in [4.69, 9.17) is 18.9 Å². The molecule has 1 saturated heterocycles. The minimum atomic E-state index is -1.60. The first-order chi connectivity index (χ1) is 25.8. The second-order valence-corrected chi connectivity index (χ2v) is 14.1. The van der Waals surface area contributed by atoms with Crippen LogP contribution in [0.2, 0.25) is 0 Å². The number of unbranched alkanes of at least 4 members (excludes halogenated alkanes) is 14. The van der Waals surface area contributed by atoms with Crippen LogP contribution in [0.15, 0.2) is 48.6 Å². The molecule has 1 aliphatic rings. The maximum absolute atomic E-state index is 12.7. The minimum absolute atomic E-state index is 0.204. The van der Waals surface area contributed by atoms with Crippen LogP contribution in [-0.4, -0.2) is 89.0 Å². The van der Waals surface area contributed by atoms with Crippen molar-refractivity contribution in [2.24, 2.45) is 0 Å². The Morgan fingerprint density at radius 2 is 1.11 bits per heavy atom. The van der Waals surface area contributed by atoms with Gasteiger partial charge < -0.3 is 39.4 Å². The first-order valence-electron chi connectivity index (χ1n) is 20.7. The van der Waals surface area contributed by atoms with Crippen molar-refractivity contribution in [1.29, 1.82) is 0 Å². The van der Waals surface area contributed by atoms with E-state index in [-0.39, 0.29) is 26.1 Å². The molecule has 306 valence electrons. The molecule has 0 spiro atoms. The van der Waals surface area contributed by atoms with Crippen molar-refractivity contribution in [3.8, 4) is 0 Å². The summed E-state index contributed by atoms with van der Waals surface area (Å²) in [5.74, 6) is -0.849. The van der Waals surface area contributed by atoms with Gasteiger partial charge in [-0.1, -0.05) is 120 Å². The molecule has 4 N–H and O–H groups in total. The minimum Gasteiger partial charge on any atom is -0.462 e. The van der Waals surface area contributed by atoms with Gasteiger partial charge in [0.2, 0.25) is 0 Å². The summed E-state index contributed by atoms with van der Waals surface area (Å²) in [4.78, 5) is 25.2. The van der Waals surface area contributed by atoms with E-state index in [1.165, 1.54) is 38.5 Å². The van der Waals surface area contributed by atoms with Crippen LogP contribution >= 0.6 is 0 Å². The molecule has 0 aliphatic carbocycles. The number of ether oxygens (including phenoxy) is 4. The quantitative estimate of drug-likeness (QED) is 0.0294. The van der Waals surface area contributed by atoms with Crippen molar-refractivity contribution < 1.29 is 49.0 Å². The van der Waals surface area contributed by atoms with Crippen molar-refractivity contribution in [3.63, 3.8) is 0 Å². The van der Waals surface area contributed by atoms with Gasteiger partial charge in [0.15, 0.2) is 12.4 Å². The van der Waals surface area contributed by atoms with Gasteiger partial charge in [0.25, 0.3) is 0 Å². The first kappa shape index (κ1) is 48.7. The van der Waals surface area contributed by atoms with Gasteiger partial charge in [0.05, 0.1) is 13.2 Å². The molecule has 0 aromatic heterocycles. The molecule has 0 amide bonds. The van der Waals surface area contributed by atoms with Crippen molar-refractivity contribution in [2.75, 3.05) is 19.8 Å². The van der Waals surface area contributed by atoms with Crippen molar-refractivity contribution in [3.05, 3.63) is 48.6 Å². The molecule has 1 heterocycles. The highest BCUT2D eigenvalue weighted by Crippen LogP contribution is 2.22. The third-order valence-corrected chi connectivity index (χ3v) is 9.20.